The van der Waals surface area contributed by atoms with Gasteiger partial charge in [0, 0.05) is 24.6 Å². The summed E-state index contributed by atoms with van der Waals surface area (Å²) in [4.78, 5) is 23.1. The number of aryl methyl sites for hydroxylation is 1. The van der Waals surface area contributed by atoms with E-state index in [-0.39, 0.29) is 11.3 Å². The van der Waals surface area contributed by atoms with E-state index in [4.69, 9.17) is 4.74 Å². The number of fused-ring (bicyclic) bond motifs is 2. The molecule has 25 heavy (non-hydrogen) atoms. The van der Waals surface area contributed by atoms with Gasteiger partial charge in [-0.05, 0) is 43.2 Å². The number of nitrogens with zero attached hydrogens (tertiary/aromatic N) is 3. The predicted molar refractivity (Wildman–Crippen MR) is 94.8 cm³/mol. The van der Waals surface area contributed by atoms with Gasteiger partial charge in [-0.1, -0.05) is 24.3 Å². The smallest absolute Gasteiger partial charge is 0.272 e. The van der Waals surface area contributed by atoms with Crippen molar-refractivity contribution in [3.05, 3.63) is 53.5 Å². The minimum Gasteiger partial charge on any atom is -0.481 e. The van der Waals surface area contributed by atoms with E-state index in [2.05, 4.69) is 34.2 Å². The first kappa shape index (κ1) is 16.1. The van der Waals surface area contributed by atoms with Crippen molar-refractivity contribution in [3.8, 4) is 5.88 Å². The van der Waals surface area contributed by atoms with Crippen molar-refractivity contribution in [2.75, 3.05) is 20.2 Å². The third-order valence-electron chi connectivity index (χ3n) is 5.62. The van der Waals surface area contributed by atoms with E-state index in [9.17, 15) is 4.79 Å². The fourth-order valence-electron chi connectivity index (χ4n) is 4.47. The summed E-state index contributed by atoms with van der Waals surface area (Å²) >= 11 is 0. The number of carbonyl (C=O) groups excluding carboxylic acids is 1. The lowest BCUT2D eigenvalue weighted by atomic mass is 9.66. The third kappa shape index (κ3) is 2.88. The second kappa shape index (κ2) is 6.47. The molecule has 1 atom stereocenters. The number of piperidine rings is 1. The van der Waals surface area contributed by atoms with Crippen LogP contribution in [0.3, 0.4) is 0 Å². The molecule has 2 aromatic rings. The van der Waals surface area contributed by atoms with Crippen LogP contribution in [-0.4, -0.2) is 41.0 Å². The second-order valence-corrected chi connectivity index (χ2v) is 7.07. The number of likely N-dealkylation sites (tertiary alicyclic amines) is 1. The number of aromatic nitrogens is 2. The molecular formula is C20H23N3O2. The van der Waals surface area contributed by atoms with Gasteiger partial charge in [0.1, 0.15) is 12.0 Å². The molecular weight excluding hydrogens is 314 g/mol. The molecule has 0 bridgehead atoms. The van der Waals surface area contributed by atoms with Gasteiger partial charge in [0.15, 0.2) is 0 Å². The minimum absolute atomic E-state index is 0.0252. The van der Waals surface area contributed by atoms with Gasteiger partial charge in [0.25, 0.3) is 5.91 Å². The molecule has 1 aliphatic carbocycles. The normalized spacial score (nSPS) is 22.5. The number of rotatable bonds is 2. The Hall–Kier alpha value is -2.43. The maximum atomic E-state index is 13.0. The van der Waals surface area contributed by atoms with Gasteiger partial charge in [0.2, 0.25) is 5.88 Å². The van der Waals surface area contributed by atoms with Crippen LogP contribution in [0.15, 0.2) is 36.7 Å². The molecule has 1 amide bonds. The number of hydrogen-bond donors (Lipinski definition) is 0. The number of hydrogen-bond acceptors (Lipinski definition) is 4. The van der Waals surface area contributed by atoms with Crippen molar-refractivity contribution in [2.45, 2.75) is 37.5 Å². The van der Waals surface area contributed by atoms with Gasteiger partial charge < -0.3 is 9.64 Å². The van der Waals surface area contributed by atoms with Crippen LogP contribution in [0, 0.1) is 0 Å². The zero-order chi connectivity index (χ0) is 17.3. The molecule has 1 aromatic carbocycles. The molecule has 0 saturated carbocycles. The third-order valence-corrected chi connectivity index (χ3v) is 5.62. The van der Waals surface area contributed by atoms with Crippen LogP contribution in [0.2, 0.25) is 0 Å². The van der Waals surface area contributed by atoms with Crippen molar-refractivity contribution in [3.63, 3.8) is 0 Å². The quantitative estimate of drug-likeness (QED) is 0.845. The zero-order valence-corrected chi connectivity index (χ0v) is 14.6. The molecule has 1 saturated heterocycles. The molecule has 5 heteroatoms. The number of methoxy groups -OCH3 is 1. The van der Waals surface area contributed by atoms with E-state index in [0.717, 1.165) is 38.8 Å². The van der Waals surface area contributed by atoms with E-state index in [1.165, 1.54) is 23.9 Å². The molecule has 1 fully saturated rings. The predicted octanol–water partition coefficient (Wildman–Crippen LogP) is 3.00. The number of amides is 1. The standard InChI is InChI=1S/C20H23N3O2/c1-25-18-12-17(21-14-22-18)19(24)23-11-5-10-20(13-23)9-4-7-15-6-2-3-8-16(15)20/h2-3,6,8,12,14H,4-5,7,9-11,13H2,1H3/t20-/m0/s1. The monoisotopic (exact) mass is 337 g/mol. The molecule has 4 rings (SSSR count). The summed E-state index contributed by atoms with van der Waals surface area (Å²) in [5.74, 6) is 0.399. The van der Waals surface area contributed by atoms with Gasteiger partial charge in [-0.15, -0.1) is 0 Å². The molecule has 130 valence electrons. The van der Waals surface area contributed by atoms with Crippen LogP contribution in [0.1, 0.15) is 47.3 Å². The molecule has 0 radical (unpaired) electrons. The Bertz CT molecular complexity index is 792. The molecule has 1 spiro atoms. The molecule has 0 N–H and O–H groups in total. The van der Waals surface area contributed by atoms with Crippen molar-refractivity contribution in [2.24, 2.45) is 0 Å². The molecule has 2 heterocycles. The minimum atomic E-state index is -0.0252. The highest BCUT2D eigenvalue weighted by molar-refractivity contribution is 5.92. The van der Waals surface area contributed by atoms with E-state index < -0.39 is 0 Å². The van der Waals surface area contributed by atoms with Crippen molar-refractivity contribution < 1.29 is 9.53 Å². The van der Waals surface area contributed by atoms with E-state index in [0.29, 0.717) is 11.6 Å². The number of carbonyl (C=O) groups is 1. The van der Waals surface area contributed by atoms with Crippen molar-refractivity contribution in [1.29, 1.82) is 0 Å². The maximum absolute atomic E-state index is 13.0. The first-order valence-corrected chi connectivity index (χ1v) is 8.96. The van der Waals surface area contributed by atoms with Crippen LogP contribution in [0.4, 0.5) is 0 Å². The van der Waals surface area contributed by atoms with E-state index in [1.807, 2.05) is 4.90 Å². The fraction of sp³-hybridized carbons (Fsp3) is 0.450. The van der Waals surface area contributed by atoms with E-state index >= 15 is 0 Å². The maximum Gasteiger partial charge on any atom is 0.272 e. The summed E-state index contributed by atoms with van der Waals surface area (Å²) in [5.41, 5.74) is 3.40. The highest BCUT2D eigenvalue weighted by Crippen LogP contribution is 2.43. The Morgan fingerprint density at radius 3 is 2.92 bits per heavy atom. The Morgan fingerprint density at radius 1 is 1.20 bits per heavy atom. The fourth-order valence-corrected chi connectivity index (χ4v) is 4.47. The topological polar surface area (TPSA) is 55.3 Å². The van der Waals surface area contributed by atoms with Crippen LogP contribution in [0.5, 0.6) is 5.88 Å². The molecule has 1 aromatic heterocycles. The van der Waals surface area contributed by atoms with Gasteiger partial charge in [-0.25, -0.2) is 9.97 Å². The largest absolute Gasteiger partial charge is 0.481 e. The van der Waals surface area contributed by atoms with Crippen LogP contribution >= 0.6 is 0 Å². The van der Waals surface area contributed by atoms with Crippen molar-refractivity contribution >= 4 is 5.91 Å². The Balaban J connectivity index is 1.62. The summed E-state index contributed by atoms with van der Waals surface area (Å²) in [6, 6.07) is 10.4. The van der Waals surface area contributed by atoms with Gasteiger partial charge in [-0.2, -0.15) is 0 Å². The van der Waals surface area contributed by atoms with Crippen LogP contribution in [0.25, 0.3) is 0 Å². The summed E-state index contributed by atoms with van der Waals surface area (Å²) < 4.78 is 5.13. The molecule has 5 nitrogen and oxygen atoms in total. The summed E-state index contributed by atoms with van der Waals surface area (Å²) in [6.45, 7) is 1.56. The second-order valence-electron chi connectivity index (χ2n) is 7.07. The van der Waals surface area contributed by atoms with Gasteiger partial charge in [-0.3, -0.25) is 4.79 Å². The average Bonchev–Trinajstić information content (AvgIpc) is 2.68. The lowest BCUT2D eigenvalue weighted by Gasteiger charge is -2.46. The average molecular weight is 337 g/mol. The SMILES string of the molecule is COc1cc(C(=O)N2CCC[C@@]3(CCCc4ccccc43)C2)ncn1. The zero-order valence-electron chi connectivity index (χ0n) is 14.6. The Morgan fingerprint density at radius 2 is 2.04 bits per heavy atom. The van der Waals surface area contributed by atoms with Gasteiger partial charge >= 0.3 is 0 Å². The summed E-state index contributed by atoms with van der Waals surface area (Å²) in [5, 5.41) is 0. The number of benzene rings is 1. The van der Waals surface area contributed by atoms with Gasteiger partial charge in [0.05, 0.1) is 7.11 Å². The first-order valence-electron chi connectivity index (χ1n) is 8.96. The highest BCUT2D eigenvalue weighted by atomic mass is 16.5. The lowest BCUT2D eigenvalue weighted by Crippen LogP contribution is -2.50. The molecule has 1 aliphatic heterocycles. The summed E-state index contributed by atoms with van der Waals surface area (Å²) in [6.07, 6.45) is 7.07. The Kier molecular flexibility index (Phi) is 4.15. The molecule has 0 unspecified atom stereocenters. The molecule has 2 aliphatic rings. The van der Waals surface area contributed by atoms with Crippen LogP contribution in [-0.2, 0) is 11.8 Å². The van der Waals surface area contributed by atoms with Crippen molar-refractivity contribution in [1.82, 2.24) is 14.9 Å². The van der Waals surface area contributed by atoms with Crippen LogP contribution < -0.4 is 4.74 Å². The summed E-state index contributed by atoms with van der Waals surface area (Å²) in [7, 11) is 1.55. The van der Waals surface area contributed by atoms with E-state index in [1.54, 1.807) is 13.2 Å². The lowest BCUT2D eigenvalue weighted by molar-refractivity contribution is 0.0610. The number of ether oxygens (including phenoxy) is 1. The highest BCUT2D eigenvalue weighted by Gasteiger charge is 2.41. The Labute approximate surface area is 148 Å². The first-order chi connectivity index (χ1) is 12.2.